The lowest BCUT2D eigenvalue weighted by molar-refractivity contribution is -0.141. The first-order chi connectivity index (χ1) is 14.4. The fourth-order valence-corrected chi connectivity index (χ4v) is 3.26. The molecule has 30 heavy (non-hydrogen) atoms. The second kappa shape index (κ2) is 12.0. The molecular weight excluding hydrogens is 376 g/mol. The van der Waals surface area contributed by atoms with E-state index in [9.17, 15) is 9.59 Å². The Morgan fingerprint density at radius 2 is 1.67 bits per heavy atom. The average molecular weight is 411 g/mol. The minimum absolute atomic E-state index is 0.00561. The highest BCUT2D eigenvalue weighted by atomic mass is 16.5. The van der Waals surface area contributed by atoms with Crippen LogP contribution in [0.15, 0.2) is 54.6 Å². The number of carbonyl (C=O) groups excluding carboxylic acids is 2. The van der Waals surface area contributed by atoms with Crippen molar-refractivity contribution >= 4 is 11.8 Å². The molecule has 0 saturated heterocycles. The molecule has 0 heterocycles. The Balaban J connectivity index is 2.33. The van der Waals surface area contributed by atoms with Crippen LogP contribution < -0.4 is 10.1 Å². The van der Waals surface area contributed by atoms with Crippen molar-refractivity contribution in [3.05, 3.63) is 65.7 Å². The van der Waals surface area contributed by atoms with Gasteiger partial charge in [0.15, 0.2) is 0 Å². The zero-order chi connectivity index (χ0) is 21.9. The van der Waals surface area contributed by atoms with E-state index >= 15 is 0 Å². The molecule has 1 N–H and O–H groups in total. The maximum absolute atomic E-state index is 13.2. The molecule has 2 amide bonds. The van der Waals surface area contributed by atoms with Gasteiger partial charge < -0.3 is 15.0 Å². The van der Waals surface area contributed by atoms with Crippen LogP contribution >= 0.6 is 0 Å². The predicted molar refractivity (Wildman–Crippen MR) is 120 cm³/mol. The molecule has 0 aromatic heterocycles. The Labute approximate surface area is 180 Å². The van der Waals surface area contributed by atoms with E-state index in [1.54, 1.807) is 12.0 Å². The zero-order valence-electron chi connectivity index (χ0n) is 18.6. The van der Waals surface area contributed by atoms with E-state index in [2.05, 4.69) is 19.2 Å². The first-order valence-corrected chi connectivity index (χ1v) is 10.7. The number of nitrogens with one attached hydrogen (secondary N) is 1. The van der Waals surface area contributed by atoms with E-state index in [0.29, 0.717) is 31.8 Å². The number of rotatable bonds is 11. The van der Waals surface area contributed by atoms with Crippen LogP contribution in [0.4, 0.5) is 0 Å². The summed E-state index contributed by atoms with van der Waals surface area (Å²) in [4.78, 5) is 28.0. The van der Waals surface area contributed by atoms with Crippen molar-refractivity contribution in [2.45, 2.75) is 52.6 Å². The fraction of sp³-hybridized carbons (Fsp3) is 0.440. The highest BCUT2D eigenvalue weighted by molar-refractivity contribution is 5.88. The summed E-state index contributed by atoms with van der Waals surface area (Å²) < 4.78 is 5.23. The summed E-state index contributed by atoms with van der Waals surface area (Å²) in [5, 5.41) is 3.03. The molecule has 0 aliphatic heterocycles. The van der Waals surface area contributed by atoms with Crippen LogP contribution in [0.2, 0.25) is 0 Å². The predicted octanol–water partition coefficient (Wildman–Crippen LogP) is 4.21. The van der Waals surface area contributed by atoms with Crippen LogP contribution in [0.3, 0.4) is 0 Å². The Morgan fingerprint density at radius 1 is 1.00 bits per heavy atom. The molecule has 0 saturated carbocycles. The smallest absolute Gasteiger partial charge is 0.243 e. The van der Waals surface area contributed by atoms with Gasteiger partial charge in [0.05, 0.1) is 7.11 Å². The minimum Gasteiger partial charge on any atom is -0.497 e. The molecule has 1 unspecified atom stereocenters. The van der Waals surface area contributed by atoms with Gasteiger partial charge in [-0.05, 0) is 35.6 Å². The quantitative estimate of drug-likeness (QED) is 0.604. The number of hydrogen-bond acceptors (Lipinski definition) is 3. The number of hydrogen-bond donors (Lipinski definition) is 1. The molecule has 2 aromatic carbocycles. The SMILES string of the molecule is CCCC(=O)N(Cc1ccc(OC)cc1)C(Cc1ccccc1)C(=O)NCC(C)C. The van der Waals surface area contributed by atoms with Gasteiger partial charge in [0.1, 0.15) is 11.8 Å². The summed E-state index contributed by atoms with van der Waals surface area (Å²) in [5.74, 6) is 0.993. The molecule has 0 aliphatic carbocycles. The zero-order valence-corrected chi connectivity index (χ0v) is 18.6. The molecule has 2 rings (SSSR count). The topological polar surface area (TPSA) is 58.6 Å². The molecule has 0 spiro atoms. The van der Waals surface area contributed by atoms with Gasteiger partial charge in [0.25, 0.3) is 0 Å². The second-order valence-corrected chi connectivity index (χ2v) is 7.96. The van der Waals surface area contributed by atoms with Crippen LogP contribution in [0, 0.1) is 5.92 Å². The third kappa shape index (κ3) is 7.21. The van der Waals surface area contributed by atoms with Gasteiger partial charge in [0.2, 0.25) is 11.8 Å². The highest BCUT2D eigenvalue weighted by Gasteiger charge is 2.29. The van der Waals surface area contributed by atoms with Crippen molar-refractivity contribution in [1.82, 2.24) is 10.2 Å². The van der Waals surface area contributed by atoms with Gasteiger partial charge in [-0.25, -0.2) is 0 Å². The average Bonchev–Trinajstić information content (AvgIpc) is 2.75. The van der Waals surface area contributed by atoms with Crippen LogP contribution in [0.5, 0.6) is 5.75 Å². The summed E-state index contributed by atoms with van der Waals surface area (Å²) in [6.07, 6.45) is 1.64. The molecular formula is C25H34N2O3. The van der Waals surface area contributed by atoms with Gasteiger partial charge in [-0.3, -0.25) is 9.59 Å². The fourth-order valence-electron chi connectivity index (χ4n) is 3.26. The third-order valence-electron chi connectivity index (χ3n) is 4.93. The number of ether oxygens (including phenoxy) is 1. The standard InChI is InChI=1S/C25H34N2O3/c1-5-9-24(28)27(18-21-12-14-22(30-4)15-13-21)23(25(29)26-17-19(2)3)16-20-10-7-6-8-11-20/h6-8,10-15,19,23H,5,9,16-18H2,1-4H3,(H,26,29). The van der Waals surface area contributed by atoms with Crippen LogP contribution in [0.1, 0.15) is 44.7 Å². The lowest BCUT2D eigenvalue weighted by Gasteiger charge is -2.32. The summed E-state index contributed by atoms with van der Waals surface area (Å²) in [6, 6.07) is 16.9. The Morgan fingerprint density at radius 3 is 2.23 bits per heavy atom. The summed E-state index contributed by atoms with van der Waals surface area (Å²) in [5.41, 5.74) is 2.00. The number of amides is 2. The Hall–Kier alpha value is -2.82. The normalized spacial score (nSPS) is 11.8. The van der Waals surface area contributed by atoms with Crippen molar-refractivity contribution in [2.24, 2.45) is 5.92 Å². The molecule has 5 nitrogen and oxygen atoms in total. The Kier molecular flexibility index (Phi) is 9.39. The molecule has 0 bridgehead atoms. The largest absolute Gasteiger partial charge is 0.497 e. The first-order valence-electron chi connectivity index (χ1n) is 10.7. The third-order valence-corrected chi connectivity index (χ3v) is 4.93. The van der Waals surface area contributed by atoms with E-state index in [0.717, 1.165) is 23.3 Å². The number of carbonyl (C=O) groups is 2. The maximum atomic E-state index is 13.2. The van der Waals surface area contributed by atoms with E-state index in [-0.39, 0.29) is 11.8 Å². The van der Waals surface area contributed by atoms with Crippen LogP contribution in [-0.4, -0.2) is 36.4 Å². The van der Waals surface area contributed by atoms with Gasteiger partial charge >= 0.3 is 0 Å². The van der Waals surface area contributed by atoms with Gasteiger partial charge in [-0.2, -0.15) is 0 Å². The molecule has 2 aromatic rings. The lowest BCUT2D eigenvalue weighted by atomic mass is 10.0. The Bertz CT molecular complexity index is 788. The molecule has 0 fully saturated rings. The number of methoxy groups -OCH3 is 1. The van der Waals surface area contributed by atoms with E-state index in [4.69, 9.17) is 4.74 Å². The van der Waals surface area contributed by atoms with Crippen LogP contribution in [0.25, 0.3) is 0 Å². The van der Waals surface area contributed by atoms with Crippen molar-refractivity contribution < 1.29 is 14.3 Å². The maximum Gasteiger partial charge on any atom is 0.243 e. The molecule has 0 aliphatic rings. The monoisotopic (exact) mass is 410 g/mol. The van der Waals surface area contributed by atoms with Crippen molar-refractivity contribution in [1.29, 1.82) is 0 Å². The van der Waals surface area contributed by atoms with Gasteiger partial charge in [0, 0.05) is 25.9 Å². The van der Waals surface area contributed by atoms with Gasteiger partial charge in [-0.1, -0.05) is 63.2 Å². The summed E-state index contributed by atoms with van der Waals surface area (Å²) >= 11 is 0. The highest BCUT2D eigenvalue weighted by Crippen LogP contribution is 2.18. The van der Waals surface area contributed by atoms with E-state index < -0.39 is 6.04 Å². The molecule has 5 heteroatoms. The lowest BCUT2D eigenvalue weighted by Crippen LogP contribution is -2.51. The molecule has 162 valence electrons. The van der Waals surface area contributed by atoms with Gasteiger partial charge in [-0.15, -0.1) is 0 Å². The van der Waals surface area contributed by atoms with Crippen molar-refractivity contribution in [3.8, 4) is 5.75 Å². The number of benzene rings is 2. The van der Waals surface area contributed by atoms with Crippen molar-refractivity contribution in [3.63, 3.8) is 0 Å². The second-order valence-electron chi connectivity index (χ2n) is 7.96. The minimum atomic E-state index is -0.563. The number of nitrogens with zero attached hydrogens (tertiary/aromatic N) is 1. The van der Waals surface area contributed by atoms with Crippen molar-refractivity contribution in [2.75, 3.05) is 13.7 Å². The van der Waals surface area contributed by atoms with Crippen LogP contribution in [-0.2, 0) is 22.6 Å². The molecule has 0 radical (unpaired) electrons. The van der Waals surface area contributed by atoms with E-state index in [1.807, 2.05) is 61.5 Å². The molecule has 1 atom stereocenters. The first kappa shape index (κ1) is 23.5. The summed E-state index contributed by atoms with van der Waals surface area (Å²) in [6.45, 7) is 7.07. The van der Waals surface area contributed by atoms with E-state index in [1.165, 1.54) is 0 Å². The summed E-state index contributed by atoms with van der Waals surface area (Å²) in [7, 11) is 1.63.